The summed E-state index contributed by atoms with van der Waals surface area (Å²) < 4.78 is 0. The second-order valence-corrected chi connectivity index (χ2v) is 6.20. The van der Waals surface area contributed by atoms with Gasteiger partial charge in [0.05, 0.1) is 11.1 Å². The van der Waals surface area contributed by atoms with Gasteiger partial charge in [0.1, 0.15) is 0 Å². The second-order valence-electron chi connectivity index (χ2n) is 4.76. The minimum Gasteiger partial charge on any atom is -0.389 e. The zero-order valence-electron chi connectivity index (χ0n) is 11.9. The number of aliphatic hydroxyl groups excluding tert-OH is 1. The maximum Gasteiger partial charge on any atom is 0.251 e. The van der Waals surface area contributed by atoms with Gasteiger partial charge in [-0.05, 0) is 31.0 Å². The van der Waals surface area contributed by atoms with Gasteiger partial charge in [-0.2, -0.15) is 0 Å². The van der Waals surface area contributed by atoms with Crippen molar-refractivity contribution in [2.45, 2.75) is 42.8 Å². The van der Waals surface area contributed by atoms with E-state index in [1.807, 2.05) is 19.1 Å². The van der Waals surface area contributed by atoms with Crippen LogP contribution in [0.15, 0.2) is 39.1 Å². The van der Waals surface area contributed by atoms with Gasteiger partial charge in [0, 0.05) is 16.7 Å². The number of H-pyrrole nitrogens is 1. The van der Waals surface area contributed by atoms with Crippen LogP contribution in [-0.2, 0) is 6.42 Å². The van der Waals surface area contributed by atoms with E-state index >= 15 is 0 Å². The summed E-state index contributed by atoms with van der Waals surface area (Å²) in [6.45, 7) is 3.73. The van der Waals surface area contributed by atoms with Crippen molar-refractivity contribution in [2.24, 2.45) is 0 Å². The van der Waals surface area contributed by atoms with Gasteiger partial charge in [-0.15, -0.1) is 0 Å². The van der Waals surface area contributed by atoms with Gasteiger partial charge < -0.3 is 10.1 Å². The van der Waals surface area contributed by atoms with Gasteiger partial charge in [0.25, 0.3) is 5.56 Å². The van der Waals surface area contributed by atoms with Crippen molar-refractivity contribution in [3.8, 4) is 0 Å². The number of rotatable bonds is 5. The van der Waals surface area contributed by atoms with Gasteiger partial charge in [-0.1, -0.05) is 42.8 Å². The van der Waals surface area contributed by atoms with Crippen LogP contribution in [0, 0.1) is 0 Å². The SMILES string of the molecule is CCCc1cc(=O)[nH]c(Sc2ccc([C@@H](C)O)cc2Cl)n1. The standard InChI is InChI=1S/C15H17ClN2O2S/c1-3-4-11-8-14(20)18-15(17-11)21-13-6-5-10(9(2)19)7-12(13)16/h5-9,19H,3-4H2,1-2H3,(H,17,18,20)/t9-/m1/s1. The monoisotopic (exact) mass is 324 g/mol. The van der Waals surface area contributed by atoms with Crippen LogP contribution in [0.3, 0.4) is 0 Å². The molecule has 0 amide bonds. The fourth-order valence-corrected chi connectivity index (χ4v) is 3.00. The van der Waals surface area contributed by atoms with Crippen LogP contribution in [0.5, 0.6) is 0 Å². The van der Waals surface area contributed by atoms with Crippen LogP contribution < -0.4 is 5.56 Å². The third-order valence-corrected chi connectivity index (χ3v) is 4.31. The van der Waals surface area contributed by atoms with Crippen LogP contribution >= 0.6 is 23.4 Å². The number of nitrogens with one attached hydrogen (secondary N) is 1. The Morgan fingerprint density at radius 1 is 1.43 bits per heavy atom. The number of benzene rings is 1. The van der Waals surface area contributed by atoms with Gasteiger partial charge in [0.2, 0.25) is 0 Å². The molecule has 0 bridgehead atoms. The van der Waals surface area contributed by atoms with Crippen LogP contribution in [0.25, 0.3) is 0 Å². The first-order valence-corrected chi connectivity index (χ1v) is 7.94. The average Bonchev–Trinajstić information content (AvgIpc) is 2.40. The van der Waals surface area contributed by atoms with E-state index in [2.05, 4.69) is 9.97 Å². The lowest BCUT2D eigenvalue weighted by atomic mass is 10.1. The molecule has 0 spiro atoms. The zero-order chi connectivity index (χ0) is 15.4. The first kappa shape index (κ1) is 16.1. The normalized spacial score (nSPS) is 12.4. The van der Waals surface area contributed by atoms with Gasteiger partial charge >= 0.3 is 0 Å². The Morgan fingerprint density at radius 3 is 2.81 bits per heavy atom. The first-order chi connectivity index (χ1) is 9.99. The van der Waals surface area contributed by atoms with Crippen LogP contribution in [-0.4, -0.2) is 15.1 Å². The Bertz CT molecular complexity index is 686. The highest BCUT2D eigenvalue weighted by Gasteiger charge is 2.09. The summed E-state index contributed by atoms with van der Waals surface area (Å²) in [5.74, 6) is 0. The van der Waals surface area contributed by atoms with Crippen molar-refractivity contribution in [1.82, 2.24) is 9.97 Å². The summed E-state index contributed by atoms with van der Waals surface area (Å²) in [6.07, 6.45) is 1.14. The van der Waals surface area contributed by atoms with Crippen LogP contribution in [0.1, 0.15) is 37.6 Å². The topological polar surface area (TPSA) is 66.0 Å². The number of hydrogen-bond acceptors (Lipinski definition) is 4. The Balaban J connectivity index is 2.27. The Morgan fingerprint density at radius 2 is 2.19 bits per heavy atom. The van der Waals surface area contributed by atoms with Crippen molar-refractivity contribution >= 4 is 23.4 Å². The first-order valence-electron chi connectivity index (χ1n) is 6.75. The lowest BCUT2D eigenvalue weighted by molar-refractivity contribution is 0.199. The van der Waals surface area contributed by atoms with E-state index in [1.165, 1.54) is 17.8 Å². The molecule has 2 N–H and O–H groups in total. The summed E-state index contributed by atoms with van der Waals surface area (Å²) in [6, 6.07) is 6.88. The molecule has 0 aliphatic rings. The number of aromatic amines is 1. The maximum absolute atomic E-state index is 11.6. The van der Waals surface area contributed by atoms with E-state index in [4.69, 9.17) is 11.6 Å². The predicted octanol–water partition coefficient (Wildman–Crippen LogP) is 3.58. The molecular weight excluding hydrogens is 308 g/mol. The third-order valence-electron chi connectivity index (χ3n) is 2.92. The summed E-state index contributed by atoms with van der Waals surface area (Å²) in [5, 5.41) is 10.6. The number of aryl methyl sites for hydroxylation is 1. The Hall–Kier alpha value is -1.30. The number of halogens is 1. The quantitative estimate of drug-likeness (QED) is 0.825. The molecule has 0 aliphatic carbocycles. The number of hydrogen-bond donors (Lipinski definition) is 2. The Kier molecular flexibility index (Phi) is 5.45. The summed E-state index contributed by atoms with van der Waals surface area (Å²) >= 11 is 7.52. The molecule has 1 atom stereocenters. The number of aliphatic hydroxyl groups is 1. The maximum atomic E-state index is 11.6. The predicted molar refractivity (Wildman–Crippen MR) is 85.1 cm³/mol. The van der Waals surface area contributed by atoms with Crippen LogP contribution in [0.2, 0.25) is 5.02 Å². The van der Waals surface area contributed by atoms with E-state index < -0.39 is 6.10 Å². The highest BCUT2D eigenvalue weighted by molar-refractivity contribution is 7.99. The molecule has 0 fully saturated rings. The fourth-order valence-electron chi connectivity index (χ4n) is 1.88. The zero-order valence-corrected chi connectivity index (χ0v) is 13.5. The van der Waals surface area contributed by atoms with Crippen molar-refractivity contribution in [1.29, 1.82) is 0 Å². The van der Waals surface area contributed by atoms with Gasteiger partial charge in [-0.25, -0.2) is 4.98 Å². The molecule has 0 aliphatic heterocycles. The summed E-state index contributed by atoms with van der Waals surface area (Å²) in [5.41, 5.74) is 1.37. The molecule has 4 nitrogen and oxygen atoms in total. The van der Waals surface area contributed by atoms with Crippen molar-refractivity contribution in [3.63, 3.8) is 0 Å². The minimum atomic E-state index is -0.563. The largest absolute Gasteiger partial charge is 0.389 e. The van der Waals surface area contributed by atoms with E-state index in [0.29, 0.717) is 10.2 Å². The molecule has 0 unspecified atom stereocenters. The molecule has 1 aromatic carbocycles. The molecule has 0 radical (unpaired) electrons. The Labute approximate surface area is 132 Å². The second kappa shape index (κ2) is 7.11. The van der Waals surface area contributed by atoms with E-state index in [9.17, 15) is 9.90 Å². The molecule has 21 heavy (non-hydrogen) atoms. The van der Waals surface area contributed by atoms with Crippen molar-refractivity contribution in [3.05, 3.63) is 50.9 Å². The lowest BCUT2D eigenvalue weighted by Gasteiger charge is -2.09. The molecule has 2 rings (SSSR count). The summed E-state index contributed by atoms with van der Waals surface area (Å²) in [4.78, 5) is 19.5. The molecule has 1 aromatic heterocycles. The highest BCUT2D eigenvalue weighted by atomic mass is 35.5. The van der Waals surface area contributed by atoms with Gasteiger partial charge in [0.15, 0.2) is 5.16 Å². The lowest BCUT2D eigenvalue weighted by Crippen LogP contribution is -2.09. The van der Waals surface area contributed by atoms with Crippen molar-refractivity contribution < 1.29 is 5.11 Å². The number of nitrogens with zero attached hydrogens (tertiary/aromatic N) is 1. The average molecular weight is 325 g/mol. The minimum absolute atomic E-state index is 0.160. The molecule has 6 heteroatoms. The molecule has 112 valence electrons. The summed E-state index contributed by atoms with van der Waals surface area (Å²) in [7, 11) is 0. The fraction of sp³-hybridized carbons (Fsp3) is 0.333. The highest BCUT2D eigenvalue weighted by Crippen LogP contribution is 2.32. The van der Waals surface area contributed by atoms with Crippen LogP contribution in [0.4, 0.5) is 0 Å². The molecule has 0 saturated carbocycles. The van der Waals surface area contributed by atoms with E-state index in [-0.39, 0.29) is 5.56 Å². The number of aromatic nitrogens is 2. The molecular formula is C15H17ClN2O2S. The van der Waals surface area contributed by atoms with Gasteiger partial charge in [-0.3, -0.25) is 4.79 Å². The molecule has 1 heterocycles. The van der Waals surface area contributed by atoms with E-state index in [0.717, 1.165) is 29.0 Å². The third kappa shape index (κ3) is 4.33. The molecule has 0 saturated heterocycles. The smallest absolute Gasteiger partial charge is 0.251 e. The van der Waals surface area contributed by atoms with Crippen molar-refractivity contribution in [2.75, 3.05) is 0 Å². The van der Waals surface area contributed by atoms with E-state index in [1.54, 1.807) is 13.0 Å². The molecule has 2 aromatic rings.